The Balaban J connectivity index is 1.94. The number of hydrogen-bond acceptors (Lipinski definition) is 6. The number of ether oxygens (including phenoxy) is 3. The highest BCUT2D eigenvalue weighted by molar-refractivity contribution is 9.10. The Morgan fingerprint density at radius 2 is 2.08 bits per heavy atom. The van der Waals surface area contributed by atoms with Crippen molar-refractivity contribution in [2.24, 2.45) is 0 Å². The molecule has 0 radical (unpaired) electrons. The molecule has 2 aromatic rings. The SMILES string of the molecule is CCOC(=O)[C@@]12Oc3ccccc3N[C@@H]1c1cc(Br)ccc1OC2=O. The van der Waals surface area contributed by atoms with Gasteiger partial charge in [0.1, 0.15) is 17.5 Å². The van der Waals surface area contributed by atoms with Crippen LogP contribution in [0.15, 0.2) is 46.9 Å². The van der Waals surface area contributed by atoms with E-state index in [1.165, 1.54) is 0 Å². The standard InChI is InChI=1S/C18H14BrNO5/c1-2-23-16(21)18-15(20-12-5-3-4-6-14(12)25-18)11-9-10(19)7-8-13(11)24-17(18)22/h3-9,15,20H,2H2,1H3/t15-,18+/m1/s1. The van der Waals surface area contributed by atoms with Gasteiger partial charge in [-0.05, 0) is 37.3 Å². The van der Waals surface area contributed by atoms with Crippen molar-refractivity contribution in [1.29, 1.82) is 0 Å². The van der Waals surface area contributed by atoms with Gasteiger partial charge in [-0.2, -0.15) is 0 Å². The fraction of sp³-hybridized carbons (Fsp3) is 0.222. The van der Waals surface area contributed by atoms with E-state index >= 15 is 0 Å². The van der Waals surface area contributed by atoms with E-state index in [1.807, 2.05) is 12.1 Å². The highest BCUT2D eigenvalue weighted by Crippen LogP contribution is 2.49. The van der Waals surface area contributed by atoms with Gasteiger partial charge in [-0.15, -0.1) is 0 Å². The summed E-state index contributed by atoms with van der Waals surface area (Å²) in [7, 11) is 0. The number of esters is 2. The number of carbonyl (C=O) groups excluding carboxylic acids is 2. The van der Waals surface area contributed by atoms with Crippen molar-refractivity contribution in [1.82, 2.24) is 0 Å². The first-order valence-electron chi connectivity index (χ1n) is 7.80. The highest BCUT2D eigenvalue weighted by atomic mass is 79.9. The summed E-state index contributed by atoms with van der Waals surface area (Å²) >= 11 is 3.41. The first-order chi connectivity index (χ1) is 12.1. The first kappa shape index (κ1) is 16.0. The number of nitrogens with one attached hydrogen (secondary N) is 1. The van der Waals surface area contributed by atoms with E-state index in [1.54, 1.807) is 37.3 Å². The molecule has 6 nitrogen and oxygen atoms in total. The second kappa shape index (κ2) is 5.77. The third kappa shape index (κ3) is 2.30. The zero-order chi connectivity index (χ0) is 17.6. The summed E-state index contributed by atoms with van der Waals surface area (Å²) in [4.78, 5) is 25.6. The molecule has 0 spiro atoms. The number of halogens is 1. The molecule has 0 saturated heterocycles. The molecular formula is C18H14BrNO5. The third-order valence-electron chi connectivity index (χ3n) is 4.23. The molecule has 2 aliphatic rings. The Kier molecular flexibility index (Phi) is 3.68. The highest BCUT2D eigenvalue weighted by Gasteiger charge is 2.64. The van der Waals surface area contributed by atoms with E-state index in [0.717, 1.165) is 4.47 Å². The molecule has 7 heteroatoms. The second-order valence-corrected chi connectivity index (χ2v) is 6.62. The number of para-hydroxylation sites is 2. The molecule has 2 heterocycles. The summed E-state index contributed by atoms with van der Waals surface area (Å²) in [5, 5.41) is 3.25. The van der Waals surface area contributed by atoms with Gasteiger partial charge < -0.3 is 19.5 Å². The molecule has 0 aromatic heterocycles. The van der Waals surface area contributed by atoms with E-state index in [4.69, 9.17) is 14.2 Å². The van der Waals surface area contributed by atoms with Crippen molar-refractivity contribution in [2.45, 2.75) is 18.6 Å². The van der Waals surface area contributed by atoms with E-state index in [9.17, 15) is 9.59 Å². The Labute approximate surface area is 152 Å². The molecule has 4 rings (SSSR count). The van der Waals surface area contributed by atoms with Gasteiger partial charge in [-0.3, -0.25) is 0 Å². The number of hydrogen-bond donors (Lipinski definition) is 1. The van der Waals surface area contributed by atoms with Crippen LogP contribution in [0.1, 0.15) is 18.5 Å². The Bertz CT molecular complexity index is 884. The van der Waals surface area contributed by atoms with Crippen LogP contribution < -0.4 is 14.8 Å². The zero-order valence-electron chi connectivity index (χ0n) is 13.2. The van der Waals surface area contributed by atoms with E-state index in [-0.39, 0.29) is 6.61 Å². The van der Waals surface area contributed by atoms with Gasteiger partial charge in [0.15, 0.2) is 0 Å². The van der Waals surface area contributed by atoms with Crippen LogP contribution >= 0.6 is 15.9 Å². The van der Waals surface area contributed by atoms with E-state index in [2.05, 4.69) is 21.2 Å². The summed E-state index contributed by atoms with van der Waals surface area (Å²) < 4.78 is 17.3. The van der Waals surface area contributed by atoms with Crippen LogP contribution in [0.4, 0.5) is 5.69 Å². The van der Waals surface area contributed by atoms with Crippen molar-refractivity contribution < 1.29 is 23.8 Å². The minimum absolute atomic E-state index is 0.122. The van der Waals surface area contributed by atoms with Crippen molar-refractivity contribution >= 4 is 33.6 Å². The van der Waals surface area contributed by atoms with Crippen LogP contribution in [0, 0.1) is 0 Å². The molecule has 0 bridgehead atoms. The summed E-state index contributed by atoms with van der Waals surface area (Å²) in [5.41, 5.74) is -0.609. The number of carbonyl (C=O) groups is 2. The maximum absolute atomic E-state index is 12.8. The number of benzene rings is 2. The Morgan fingerprint density at radius 1 is 1.28 bits per heavy atom. The lowest BCUT2D eigenvalue weighted by atomic mass is 9.83. The molecule has 0 amide bonds. The van der Waals surface area contributed by atoms with Crippen LogP contribution in [0.3, 0.4) is 0 Å². The van der Waals surface area contributed by atoms with Gasteiger partial charge >= 0.3 is 17.5 Å². The molecule has 2 atom stereocenters. The topological polar surface area (TPSA) is 73.9 Å². The van der Waals surface area contributed by atoms with Crippen LogP contribution in [-0.4, -0.2) is 24.1 Å². The van der Waals surface area contributed by atoms with Crippen molar-refractivity contribution in [2.75, 3.05) is 11.9 Å². The van der Waals surface area contributed by atoms with Gasteiger partial charge in [0.05, 0.1) is 12.3 Å². The molecule has 25 heavy (non-hydrogen) atoms. The van der Waals surface area contributed by atoms with E-state index in [0.29, 0.717) is 22.7 Å². The zero-order valence-corrected chi connectivity index (χ0v) is 14.8. The lowest BCUT2D eigenvalue weighted by Crippen LogP contribution is -2.64. The van der Waals surface area contributed by atoms with Gasteiger partial charge in [-0.25, -0.2) is 9.59 Å². The van der Waals surface area contributed by atoms with Gasteiger partial charge in [-0.1, -0.05) is 28.1 Å². The lowest BCUT2D eigenvalue weighted by molar-refractivity contribution is -0.179. The quantitative estimate of drug-likeness (QED) is 0.471. The average molecular weight is 404 g/mol. The third-order valence-corrected chi connectivity index (χ3v) is 4.73. The predicted octanol–water partition coefficient (Wildman–Crippen LogP) is 3.22. The maximum Gasteiger partial charge on any atom is 0.370 e. The van der Waals surface area contributed by atoms with E-state index < -0.39 is 23.6 Å². The first-order valence-corrected chi connectivity index (χ1v) is 8.59. The summed E-state index contributed by atoms with van der Waals surface area (Å²) in [6.45, 7) is 1.80. The normalized spacial score (nSPS) is 23.1. The Morgan fingerprint density at radius 3 is 2.88 bits per heavy atom. The molecule has 0 saturated carbocycles. The number of rotatable bonds is 2. The second-order valence-electron chi connectivity index (χ2n) is 5.70. The molecule has 0 fully saturated rings. The molecular weight excluding hydrogens is 390 g/mol. The monoisotopic (exact) mass is 403 g/mol. The summed E-state index contributed by atoms with van der Waals surface area (Å²) in [5.74, 6) is -0.804. The maximum atomic E-state index is 12.8. The fourth-order valence-corrected chi connectivity index (χ4v) is 3.49. The molecule has 1 N–H and O–H groups in total. The lowest BCUT2D eigenvalue weighted by Gasteiger charge is -2.44. The molecule has 0 unspecified atom stereocenters. The minimum Gasteiger partial charge on any atom is -0.462 e. The van der Waals surface area contributed by atoms with Crippen LogP contribution in [0.5, 0.6) is 11.5 Å². The minimum atomic E-state index is -1.93. The van der Waals surface area contributed by atoms with Crippen LogP contribution in [0.2, 0.25) is 0 Å². The summed E-state index contributed by atoms with van der Waals surface area (Å²) in [6, 6.07) is 11.6. The average Bonchev–Trinajstić information content (AvgIpc) is 2.61. The number of fused-ring (bicyclic) bond motifs is 4. The van der Waals surface area contributed by atoms with Crippen molar-refractivity contribution in [3.05, 3.63) is 52.5 Å². The largest absolute Gasteiger partial charge is 0.462 e. The van der Waals surface area contributed by atoms with Crippen LogP contribution in [-0.2, 0) is 14.3 Å². The molecule has 2 aliphatic heterocycles. The van der Waals surface area contributed by atoms with Crippen molar-refractivity contribution in [3.8, 4) is 11.5 Å². The van der Waals surface area contributed by atoms with Crippen molar-refractivity contribution in [3.63, 3.8) is 0 Å². The van der Waals surface area contributed by atoms with Gasteiger partial charge in [0.25, 0.3) is 0 Å². The summed E-state index contributed by atoms with van der Waals surface area (Å²) in [6.07, 6.45) is 0. The van der Waals surface area contributed by atoms with Gasteiger partial charge in [0, 0.05) is 10.0 Å². The molecule has 2 aromatic carbocycles. The fourth-order valence-electron chi connectivity index (χ4n) is 3.12. The number of anilines is 1. The Hall–Kier alpha value is -2.54. The van der Waals surface area contributed by atoms with Gasteiger partial charge in [0.2, 0.25) is 0 Å². The molecule has 128 valence electrons. The smallest absolute Gasteiger partial charge is 0.370 e. The molecule has 0 aliphatic carbocycles. The predicted molar refractivity (Wildman–Crippen MR) is 92.6 cm³/mol. The van der Waals surface area contributed by atoms with Crippen LogP contribution in [0.25, 0.3) is 0 Å².